The number of nitrogens with zero attached hydrogens (tertiary/aromatic N) is 3. The van der Waals surface area contributed by atoms with Gasteiger partial charge in [0.2, 0.25) is 11.8 Å². The van der Waals surface area contributed by atoms with Gasteiger partial charge >= 0.3 is 6.09 Å². The highest BCUT2D eigenvalue weighted by molar-refractivity contribution is 5.82. The van der Waals surface area contributed by atoms with Crippen molar-refractivity contribution in [3.05, 3.63) is 0 Å². The van der Waals surface area contributed by atoms with Crippen LogP contribution in [0.4, 0.5) is 4.79 Å². The van der Waals surface area contributed by atoms with E-state index < -0.39 is 0 Å². The van der Waals surface area contributed by atoms with Gasteiger partial charge in [-0.25, -0.2) is 4.79 Å². The number of hydrogen-bond donors (Lipinski definition) is 1. The zero-order valence-corrected chi connectivity index (χ0v) is 22.3. The van der Waals surface area contributed by atoms with E-state index >= 15 is 0 Å². The number of carbonyl (C=O) groups excluding carboxylic acids is 3. The summed E-state index contributed by atoms with van der Waals surface area (Å²) in [5, 5.41) is 9.81. The molecule has 5 aliphatic rings. The van der Waals surface area contributed by atoms with Gasteiger partial charge in [0.1, 0.15) is 0 Å². The first kappa shape index (κ1) is 25.8. The number of piperazine rings is 1. The van der Waals surface area contributed by atoms with Crippen molar-refractivity contribution in [1.29, 1.82) is 0 Å². The normalized spacial score (nSPS) is 37.1. The molecule has 0 aromatic rings. The fraction of sp³-hybridized carbons (Fsp3) is 0.893. The molecule has 2 saturated heterocycles. The molecule has 3 aliphatic carbocycles. The Morgan fingerprint density at radius 3 is 2.06 bits per heavy atom. The van der Waals surface area contributed by atoms with E-state index in [1.165, 1.54) is 0 Å². The second-order valence-electron chi connectivity index (χ2n) is 12.5. The van der Waals surface area contributed by atoms with Crippen molar-refractivity contribution in [1.82, 2.24) is 14.7 Å². The minimum absolute atomic E-state index is 0.0133. The molecular weight excluding hydrogens is 458 g/mol. The average Bonchev–Trinajstić information content (AvgIpc) is 3.62. The number of aliphatic hydroxyl groups excluding tert-OH is 1. The number of amides is 3. The fourth-order valence-corrected chi connectivity index (χ4v) is 7.52. The van der Waals surface area contributed by atoms with Crippen molar-refractivity contribution in [2.24, 2.45) is 23.7 Å². The topological polar surface area (TPSA) is 90.4 Å². The van der Waals surface area contributed by atoms with Gasteiger partial charge in [-0.1, -0.05) is 0 Å². The largest absolute Gasteiger partial charge is 0.447 e. The van der Waals surface area contributed by atoms with E-state index in [-0.39, 0.29) is 54.2 Å². The molecule has 0 spiro atoms. The molecule has 8 heteroatoms. The molecule has 2 heterocycles. The smallest absolute Gasteiger partial charge is 0.410 e. The fourth-order valence-electron chi connectivity index (χ4n) is 7.52. The first-order chi connectivity index (χ1) is 17.2. The van der Waals surface area contributed by atoms with Gasteiger partial charge in [0, 0.05) is 37.5 Å². The van der Waals surface area contributed by atoms with Gasteiger partial charge in [0.25, 0.3) is 0 Å². The van der Waals surface area contributed by atoms with Crippen LogP contribution in [-0.2, 0) is 14.3 Å². The average molecular weight is 504 g/mol. The molecule has 0 bridgehead atoms. The van der Waals surface area contributed by atoms with Crippen LogP contribution in [-0.4, -0.2) is 87.7 Å². The summed E-state index contributed by atoms with van der Waals surface area (Å²) in [5.74, 6) is 1.86. The number of aliphatic hydroxyl groups is 1. The minimum Gasteiger partial charge on any atom is -0.447 e. The number of β-amino-alcohol motifs (C(OH)–C–C–N with tert-alkyl or cyclic N) is 1. The van der Waals surface area contributed by atoms with Crippen molar-refractivity contribution in [3.63, 3.8) is 0 Å². The Bertz CT molecular complexity index is 837. The summed E-state index contributed by atoms with van der Waals surface area (Å²) in [4.78, 5) is 45.2. The molecule has 3 amide bonds. The molecule has 2 aliphatic heterocycles. The van der Waals surface area contributed by atoms with Crippen molar-refractivity contribution in [2.75, 3.05) is 19.6 Å². The van der Waals surface area contributed by atoms with Crippen LogP contribution in [0.15, 0.2) is 0 Å². The lowest BCUT2D eigenvalue weighted by molar-refractivity contribution is -0.146. The highest BCUT2D eigenvalue weighted by Crippen LogP contribution is 2.45. The van der Waals surface area contributed by atoms with E-state index in [1.54, 1.807) is 0 Å². The Labute approximate surface area is 215 Å². The number of carbonyl (C=O) groups is 3. The van der Waals surface area contributed by atoms with Crippen molar-refractivity contribution in [3.8, 4) is 0 Å². The Kier molecular flexibility index (Phi) is 7.53. The predicted octanol–water partition coefficient (Wildman–Crippen LogP) is 3.41. The van der Waals surface area contributed by atoms with E-state index in [0.717, 1.165) is 57.8 Å². The molecule has 5 rings (SSSR count). The minimum atomic E-state index is -0.365. The Balaban J connectivity index is 1.24. The maximum absolute atomic E-state index is 13.2. The quantitative estimate of drug-likeness (QED) is 0.635. The molecule has 36 heavy (non-hydrogen) atoms. The standard InChI is InChI=1S/C28H45N3O5/c1-17(2)36-28(35)30-15-18(3)31(27(34)21-8-9-21)24-11-10-22(14-25(24)30)19-4-6-20(7-5-19)26(33)29-13-12-23(32)16-29/h17-25,32H,4-16H2,1-3H3/t18-,19?,20?,22?,23-,24?,25?/m0/s1. The Morgan fingerprint density at radius 1 is 0.806 bits per heavy atom. The van der Waals surface area contributed by atoms with Crippen LogP contribution >= 0.6 is 0 Å². The van der Waals surface area contributed by atoms with E-state index in [1.807, 2.05) is 23.6 Å². The van der Waals surface area contributed by atoms with Gasteiger partial charge < -0.3 is 24.5 Å². The number of fused-ring (bicyclic) bond motifs is 1. The van der Waals surface area contributed by atoms with Gasteiger partial charge in [-0.2, -0.15) is 0 Å². The number of hydrogen-bond acceptors (Lipinski definition) is 5. The van der Waals surface area contributed by atoms with Gasteiger partial charge in [0.15, 0.2) is 0 Å². The van der Waals surface area contributed by atoms with Crippen molar-refractivity contribution < 1.29 is 24.2 Å². The number of ether oxygens (including phenoxy) is 1. The highest BCUT2D eigenvalue weighted by atomic mass is 16.6. The maximum atomic E-state index is 13.2. The summed E-state index contributed by atoms with van der Waals surface area (Å²) >= 11 is 0. The number of likely N-dealkylation sites (tertiary alicyclic amines) is 1. The van der Waals surface area contributed by atoms with E-state index in [2.05, 4.69) is 11.8 Å². The molecule has 3 saturated carbocycles. The Morgan fingerprint density at radius 2 is 1.44 bits per heavy atom. The summed E-state index contributed by atoms with van der Waals surface area (Å²) in [6.45, 7) is 7.57. The van der Waals surface area contributed by atoms with Gasteiger partial charge in [-0.3, -0.25) is 9.59 Å². The van der Waals surface area contributed by atoms with Gasteiger partial charge in [-0.15, -0.1) is 0 Å². The molecule has 0 radical (unpaired) electrons. The summed E-state index contributed by atoms with van der Waals surface area (Å²) in [6.07, 6.45) is 8.79. The molecule has 5 fully saturated rings. The van der Waals surface area contributed by atoms with E-state index in [9.17, 15) is 19.5 Å². The van der Waals surface area contributed by atoms with Crippen LogP contribution in [0.25, 0.3) is 0 Å². The monoisotopic (exact) mass is 503 g/mol. The van der Waals surface area contributed by atoms with E-state index in [4.69, 9.17) is 4.74 Å². The van der Waals surface area contributed by atoms with Crippen LogP contribution < -0.4 is 0 Å². The van der Waals surface area contributed by atoms with Gasteiger partial charge in [0.05, 0.1) is 24.3 Å². The zero-order chi connectivity index (χ0) is 25.6. The van der Waals surface area contributed by atoms with Crippen molar-refractivity contribution >= 4 is 17.9 Å². The molecule has 3 unspecified atom stereocenters. The summed E-state index contributed by atoms with van der Waals surface area (Å²) < 4.78 is 5.64. The molecule has 0 aromatic carbocycles. The third kappa shape index (κ3) is 5.25. The third-order valence-electron chi connectivity index (χ3n) is 9.53. The SMILES string of the molecule is CC(C)OC(=O)N1C[C@H](C)N(C(=O)C2CC2)C2CCC(C3CCC(C(=O)N4CC[C@H](O)C4)CC3)CC21. The number of rotatable bonds is 4. The van der Waals surface area contributed by atoms with Crippen LogP contribution in [0.3, 0.4) is 0 Å². The molecule has 5 atom stereocenters. The predicted molar refractivity (Wildman–Crippen MR) is 135 cm³/mol. The second kappa shape index (κ2) is 10.5. The van der Waals surface area contributed by atoms with Crippen LogP contribution in [0, 0.1) is 23.7 Å². The maximum Gasteiger partial charge on any atom is 0.410 e. The molecule has 202 valence electrons. The lowest BCUT2D eigenvalue weighted by Gasteiger charge is -2.54. The second-order valence-corrected chi connectivity index (χ2v) is 12.5. The van der Waals surface area contributed by atoms with Crippen LogP contribution in [0.2, 0.25) is 0 Å². The molecular formula is C28H45N3O5. The van der Waals surface area contributed by atoms with E-state index in [0.29, 0.717) is 43.8 Å². The van der Waals surface area contributed by atoms with Crippen molar-refractivity contribution in [2.45, 2.75) is 115 Å². The lowest BCUT2D eigenvalue weighted by Crippen LogP contribution is -2.67. The first-order valence-electron chi connectivity index (χ1n) is 14.5. The zero-order valence-electron chi connectivity index (χ0n) is 22.3. The summed E-state index contributed by atoms with van der Waals surface area (Å²) in [7, 11) is 0. The lowest BCUT2D eigenvalue weighted by atomic mass is 9.68. The highest BCUT2D eigenvalue weighted by Gasteiger charge is 2.50. The summed E-state index contributed by atoms with van der Waals surface area (Å²) in [5.41, 5.74) is 0. The van der Waals surface area contributed by atoms with Gasteiger partial charge in [-0.05, 0) is 96.8 Å². The first-order valence-corrected chi connectivity index (χ1v) is 14.5. The summed E-state index contributed by atoms with van der Waals surface area (Å²) in [6, 6.07) is 0.109. The van der Waals surface area contributed by atoms with Crippen LogP contribution in [0.5, 0.6) is 0 Å². The molecule has 8 nitrogen and oxygen atoms in total. The molecule has 1 N–H and O–H groups in total. The Hall–Kier alpha value is -1.83. The molecule has 0 aromatic heterocycles. The third-order valence-corrected chi connectivity index (χ3v) is 9.53. The van der Waals surface area contributed by atoms with Crippen LogP contribution in [0.1, 0.15) is 85.0 Å².